The maximum atomic E-state index is 12.1. The van der Waals surface area contributed by atoms with Crippen LogP contribution in [0.4, 0.5) is 0 Å². The Morgan fingerprint density at radius 3 is 2.18 bits per heavy atom. The Morgan fingerprint density at radius 2 is 1.64 bits per heavy atom. The molecule has 0 aliphatic carbocycles. The lowest BCUT2D eigenvalue weighted by molar-refractivity contribution is 0.101. The first kappa shape index (κ1) is 13.8. The van der Waals surface area contributed by atoms with Gasteiger partial charge in [0.25, 0.3) is 0 Å². The van der Waals surface area contributed by atoms with Crippen LogP contribution in [0.1, 0.15) is 23.0 Å². The third kappa shape index (κ3) is 2.29. The van der Waals surface area contributed by atoms with Crippen molar-refractivity contribution in [3.8, 4) is 23.0 Å². The van der Waals surface area contributed by atoms with Gasteiger partial charge in [-0.3, -0.25) is 4.79 Å². The molecule has 0 saturated carbocycles. The van der Waals surface area contributed by atoms with Crippen molar-refractivity contribution < 1.29 is 4.79 Å². The van der Waals surface area contributed by atoms with Crippen LogP contribution in [0.2, 0.25) is 0 Å². The number of ketones is 1. The Kier molecular flexibility index (Phi) is 3.55. The molecule has 0 atom stereocenters. The van der Waals surface area contributed by atoms with Crippen molar-refractivity contribution in [3.63, 3.8) is 0 Å². The number of hydrogen-bond donors (Lipinski definition) is 0. The van der Waals surface area contributed by atoms with E-state index in [9.17, 15) is 10.1 Å². The van der Waals surface area contributed by atoms with E-state index in [-0.39, 0.29) is 5.78 Å². The monoisotopic (exact) mass is 287 g/mol. The number of aromatic nitrogens is 2. The molecule has 0 spiro atoms. The molecule has 0 N–H and O–H groups in total. The van der Waals surface area contributed by atoms with Crippen LogP contribution in [0, 0.1) is 11.3 Å². The average molecular weight is 287 g/mol. The minimum atomic E-state index is -0.185. The standard InChI is InChI=1S/C18H13N3O/c1-13(22)18-16(12-19)17(14-8-4-2-5-9-14)20-21(18)15-10-6-3-7-11-15/h2-11H,1H3. The number of para-hydroxylation sites is 1. The largest absolute Gasteiger partial charge is 0.293 e. The van der Waals surface area contributed by atoms with E-state index in [1.165, 1.54) is 6.92 Å². The van der Waals surface area contributed by atoms with Gasteiger partial charge in [0, 0.05) is 12.5 Å². The number of nitrogens with zero attached hydrogens (tertiary/aromatic N) is 3. The summed E-state index contributed by atoms with van der Waals surface area (Å²) in [6.07, 6.45) is 0. The van der Waals surface area contributed by atoms with Crippen LogP contribution in [0.25, 0.3) is 16.9 Å². The Bertz CT molecular complexity index is 859. The zero-order valence-corrected chi connectivity index (χ0v) is 12.0. The lowest BCUT2D eigenvalue weighted by Gasteiger charge is -2.04. The molecule has 22 heavy (non-hydrogen) atoms. The molecule has 3 aromatic rings. The fourth-order valence-electron chi connectivity index (χ4n) is 2.40. The molecule has 4 heteroatoms. The smallest absolute Gasteiger partial charge is 0.179 e. The summed E-state index contributed by atoms with van der Waals surface area (Å²) in [6, 6.07) is 20.9. The summed E-state index contributed by atoms with van der Waals surface area (Å²) in [4.78, 5) is 12.1. The molecule has 1 heterocycles. The summed E-state index contributed by atoms with van der Waals surface area (Å²) < 4.78 is 1.54. The molecule has 3 rings (SSSR count). The van der Waals surface area contributed by atoms with Gasteiger partial charge in [-0.1, -0.05) is 48.5 Å². The Hall–Kier alpha value is -3.19. The fourth-order valence-corrected chi connectivity index (χ4v) is 2.40. The molecule has 0 amide bonds. The van der Waals surface area contributed by atoms with E-state index in [1.807, 2.05) is 60.7 Å². The minimum Gasteiger partial charge on any atom is -0.293 e. The first-order valence-corrected chi connectivity index (χ1v) is 6.87. The van der Waals surface area contributed by atoms with Crippen LogP contribution >= 0.6 is 0 Å². The highest BCUT2D eigenvalue weighted by atomic mass is 16.1. The van der Waals surface area contributed by atoms with Gasteiger partial charge in [0.05, 0.1) is 5.69 Å². The van der Waals surface area contributed by atoms with Crippen LogP contribution < -0.4 is 0 Å². The van der Waals surface area contributed by atoms with Gasteiger partial charge in [0.15, 0.2) is 5.78 Å². The van der Waals surface area contributed by atoms with E-state index < -0.39 is 0 Å². The summed E-state index contributed by atoms with van der Waals surface area (Å²) in [5.41, 5.74) is 2.72. The van der Waals surface area contributed by atoms with E-state index >= 15 is 0 Å². The lowest BCUT2D eigenvalue weighted by atomic mass is 10.1. The van der Waals surface area contributed by atoms with Crippen LogP contribution in [0.15, 0.2) is 60.7 Å². The molecule has 0 fully saturated rings. The Morgan fingerprint density at radius 1 is 1.05 bits per heavy atom. The first-order chi connectivity index (χ1) is 10.7. The van der Waals surface area contributed by atoms with Gasteiger partial charge >= 0.3 is 0 Å². The number of benzene rings is 2. The van der Waals surface area contributed by atoms with E-state index in [2.05, 4.69) is 11.2 Å². The van der Waals surface area contributed by atoms with Crippen LogP contribution in [0.5, 0.6) is 0 Å². The molecule has 0 aliphatic heterocycles. The van der Waals surface area contributed by atoms with Gasteiger partial charge in [-0.25, -0.2) is 4.68 Å². The first-order valence-electron chi connectivity index (χ1n) is 6.87. The number of carbonyl (C=O) groups excluding carboxylic acids is 1. The minimum absolute atomic E-state index is 0.185. The molecule has 0 aliphatic rings. The van der Waals surface area contributed by atoms with Crippen LogP contribution in [-0.2, 0) is 0 Å². The second kappa shape index (κ2) is 5.66. The second-order valence-electron chi connectivity index (χ2n) is 4.85. The van der Waals surface area contributed by atoms with Crippen LogP contribution in [0.3, 0.4) is 0 Å². The van der Waals surface area contributed by atoms with Gasteiger partial charge in [-0.05, 0) is 12.1 Å². The summed E-state index contributed by atoms with van der Waals surface area (Å²) in [6.45, 7) is 1.45. The highest BCUT2D eigenvalue weighted by molar-refractivity contribution is 5.97. The summed E-state index contributed by atoms with van der Waals surface area (Å²) in [5.74, 6) is -0.185. The van der Waals surface area contributed by atoms with Crippen LogP contribution in [-0.4, -0.2) is 15.6 Å². The molecule has 0 saturated heterocycles. The predicted octanol–water partition coefficient (Wildman–Crippen LogP) is 3.61. The topological polar surface area (TPSA) is 58.7 Å². The van der Waals surface area contributed by atoms with Crippen molar-refractivity contribution in [3.05, 3.63) is 71.9 Å². The van der Waals surface area contributed by atoms with Crippen molar-refractivity contribution in [1.29, 1.82) is 5.26 Å². The molecule has 1 aromatic heterocycles. The maximum absolute atomic E-state index is 12.1. The SMILES string of the molecule is CC(=O)c1c(C#N)c(-c2ccccc2)nn1-c1ccccc1. The summed E-state index contributed by atoms with van der Waals surface area (Å²) in [5, 5.41) is 14.0. The number of Topliss-reactive ketones (excluding diaryl/α,β-unsaturated/α-hetero) is 1. The van der Waals surface area contributed by atoms with E-state index in [4.69, 9.17) is 0 Å². The number of hydrogen-bond acceptors (Lipinski definition) is 3. The van der Waals surface area contributed by atoms with E-state index in [0.717, 1.165) is 11.3 Å². The van der Waals surface area contributed by atoms with Gasteiger partial charge in [0.2, 0.25) is 0 Å². The molecular weight excluding hydrogens is 274 g/mol. The molecule has 4 nitrogen and oxygen atoms in total. The Balaban J connectivity index is 2.31. The van der Waals surface area contributed by atoms with Crippen molar-refractivity contribution in [1.82, 2.24) is 9.78 Å². The van der Waals surface area contributed by atoms with Gasteiger partial charge in [-0.2, -0.15) is 10.4 Å². The molecular formula is C18H13N3O. The van der Waals surface area contributed by atoms with Crippen molar-refractivity contribution in [2.45, 2.75) is 6.92 Å². The number of rotatable bonds is 3. The molecule has 0 unspecified atom stereocenters. The number of nitriles is 1. The third-order valence-corrected chi connectivity index (χ3v) is 3.38. The van der Waals surface area contributed by atoms with Crippen molar-refractivity contribution in [2.75, 3.05) is 0 Å². The van der Waals surface area contributed by atoms with E-state index in [0.29, 0.717) is 17.0 Å². The fraction of sp³-hybridized carbons (Fsp3) is 0.0556. The summed E-state index contributed by atoms with van der Waals surface area (Å²) >= 11 is 0. The molecule has 0 radical (unpaired) electrons. The maximum Gasteiger partial charge on any atom is 0.179 e. The third-order valence-electron chi connectivity index (χ3n) is 3.38. The predicted molar refractivity (Wildman–Crippen MR) is 83.7 cm³/mol. The van der Waals surface area contributed by atoms with Crippen molar-refractivity contribution >= 4 is 5.78 Å². The zero-order valence-electron chi connectivity index (χ0n) is 12.0. The Labute approximate surface area is 128 Å². The van der Waals surface area contributed by atoms with E-state index in [1.54, 1.807) is 4.68 Å². The normalized spacial score (nSPS) is 10.2. The van der Waals surface area contributed by atoms with Gasteiger partial charge in [-0.15, -0.1) is 0 Å². The zero-order chi connectivity index (χ0) is 15.5. The molecule has 0 bridgehead atoms. The molecule has 2 aromatic carbocycles. The average Bonchev–Trinajstić information content (AvgIpc) is 2.96. The highest BCUT2D eigenvalue weighted by Gasteiger charge is 2.22. The summed E-state index contributed by atoms with van der Waals surface area (Å²) in [7, 11) is 0. The lowest BCUT2D eigenvalue weighted by Crippen LogP contribution is -2.07. The number of carbonyl (C=O) groups is 1. The quantitative estimate of drug-likeness (QED) is 0.691. The van der Waals surface area contributed by atoms with Crippen molar-refractivity contribution in [2.24, 2.45) is 0 Å². The van der Waals surface area contributed by atoms with Gasteiger partial charge in [0.1, 0.15) is 23.0 Å². The van der Waals surface area contributed by atoms with Gasteiger partial charge < -0.3 is 0 Å². The molecule has 106 valence electrons. The second-order valence-corrected chi connectivity index (χ2v) is 4.85. The highest BCUT2D eigenvalue weighted by Crippen LogP contribution is 2.27.